The molecular weight excluding hydrogens is 523 g/mol. The van der Waals surface area contributed by atoms with Gasteiger partial charge in [-0.15, -0.1) is 0 Å². The molecule has 214 valence electrons. The molecule has 0 saturated carbocycles. The fraction of sp³-hybridized carbons (Fsp3) is 0.667. The van der Waals surface area contributed by atoms with Crippen LogP contribution in [0.1, 0.15) is 95.8 Å². The average molecular weight is 569 g/mol. The summed E-state index contributed by atoms with van der Waals surface area (Å²) in [6.07, 6.45) is 6.74. The van der Waals surface area contributed by atoms with Crippen molar-refractivity contribution < 1.29 is 41.9 Å². The van der Waals surface area contributed by atoms with Crippen LogP contribution in [0.25, 0.3) is 0 Å². The molecule has 0 fully saturated rings. The summed E-state index contributed by atoms with van der Waals surface area (Å²) in [4.78, 5) is 34.4. The maximum atomic E-state index is 12.2. The van der Waals surface area contributed by atoms with Crippen LogP contribution in [0.4, 0.5) is 0 Å². The fourth-order valence-electron chi connectivity index (χ4n) is 3.40. The first-order chi connectivity index (χ1) is 17.5. The molecule has 1 rings (SSSR count). The zero-order chi connectivity index (χ0) is 28.3. The molecule has 0 aromatic heterocycles. The van der Waals surface area contributed by atoms with E-state index in [2.05, 4.69) is 13.8 Å². The molecule has 0 bridgehead atoms. The van der Waals surface area contributed by atoms with Gasteiger partial charge in [-0.2, -0.15) is 8.42 Å². The van der Waals surface area contributed by atoms with E-state index in [4.69, 9.17) is 14.6 Å². The Kier molecular flexibility index (Phi) is 22.8. The van der Waals surface area contributed by atoms with Gasteiger partial charge in [-0.05, 0) is 36.8 Å². The molecule has 3 unspecified atom stereocenters. The van der Waals surface area contributed by atoms with Crippen molar-refractivity contribution in [1.29, 1.82) is 0 Å². The van der Waals surface area contributed by atoms with Crippen LogP contribution in [0.2, 0.25) is 0 Å². The van der Waals surface area contributed by atoms with E-state index >= 15 is 0 Å². The van der Waals surface area contributed by atoms with Crippen LogP contribution in [0.3, 0.4) is 0 Å². The summed E-state index contributed by atoms with van der Waals surface area (Å²) in [7, 11) is -4.76. The molecule has 2 N–H and O–H groups in total. The van der Waals surface area contributed by atoms with Gasteiger partial charge in [0.05, 0.1) is 25.2 Å². The van der Waals surface area contributed by atoms with Crippen molar-refractivity contribution in [2.24, 2.45) is 11.8 Å². The van der Waals surface area contributed by atoms with Crippen molar-refractivity contribution in [3.05, 3.63) is 35.9 Å². The van der Waals surface area contributed by atoms with Crippen LogP contribution in [-0.4, -0.2) is 84.0 Å². The Morgan fingerprint density at radius 2 is 1.32 bits per heavy atom. The predicted molar refractivity (Wildman–Crippen MR) is 149 cm³/mol. The minimum absolute atomic E-state index is 0. The number of hydrogen-bond donors (Lipinski definition) is 2. The number of hydrogen-bond acceptors (Lipinski definition) is 7. The van der Waals surface area contributed by atoms with Gasteiger partial charge in [0.25, 0.3) is 10.1 Å². The SMILES string of the molecule is CCCCC(CC)COC(=O)CC(C(=O)OCC(CC)CCCC)S(=O)(=O)O.O=C(O)c1ccccc1.[NaH]. The van der Waals surface area contributed by atoms with E-state index in [9.17, 15) is 27.4 Å². The molecule has 0 spiro atoms. The molecule has 0 heterocycles. The van der Waals surface area contributed by atoms with Gasteiger partial charge in [-0.25, -0.2) is 4.79 Å². The van der Waals surface area contributed by atoms with E-state index < -0.39 is 39.7 Å². The van der Waals surface area contributed by atoms with Gasteiger partial charge in [0.2, 0.25) is 0 Å². The third kappa shape index (κ3) is 17.9. The Morgan fingerprint density at radius 3 is 1.68 bits per heavy atom. The molecule has 0 aliphatic carbocycles. The first-order valence-corrected chi connectivity index (χ1v) is 14.6. The molecule has 0 aliphatic rings. The summed E-state index contributed by atoms with van der Waals surface area (Å²) in [5.74, 6) is -2.48. The van der Waals surface area contributed by atoms with Crippen LogP contribution in [0, 0.1) is 11.8 Å². The van der Waals surface area contributed by atoms with Crippen molar-refractivity contribution in [2.75, 3.05) is 13.2 Å². The van der Waals surface area contributed by atoms with E-state index in [1.54, 1.807) is 30.3 Å². The first kappa shape index (κ1) is 38.7. The normalized spacial score (nSPS) is 13.1. The number of carboxylic acids is 1. The van der Waals surface area contributed by atoms with Crippen molar-refractivity contribution in [1.82, 2.24) is 0 Å². The van der Waals surface area contributed by atoms with Crippen LogP contribution >= 0.6 is 0 Å². The minimum atomic E-state index is -4.76. The Morgan fingerprint density at radius 1 is 0.842 bits per heavy atom. The summed E-state index contributed by atoms with van der Waals surface area (Å²) >= 11 is 0. The molecule has 38 heavy (non-hydrogen) atoms. The Labute approximate surface area is 250 Å². The van der Waals surface area contributed by atoms with E-state index in [1.165, 1.54) is 0 Å². The maximum absolute atomic E-state index is 12.2. The monoisotopic (exact) mass is 568 g/mol. The second-order valence-corrected chi connectivity index (χ2v) is 10.6. The molecular formula is C27H45NaO9S. The van der Waals surface area contributed by atoms with Gasteiger partial charge >= 0.3 is 47.5 Å². The molecule has 0 saturated heterocycles. The molecule has 0 radical (unpaired) electrons. The van der Waals surface area contributed by atoms with Gasteiger partial charge in [0.1, 0.15) is 0 Å². The third-order valence-corrected chi connectivity index (χ3v) is 7.10. The molecule has 1 aromatic rings. The Hall–Kier alpha value is -1.46. The van der Waals surface area contributed by atoms with Crippen LogP contribution in [-0.2, 0) is 29.2 Å². The zero-order valence-corrected chi connectivity index (χ0v) is 23.4. The van der Waals surface area contributed by atoms with Crippen molar-refractivity contribution in [3.63, 3.8) is 0 Å². The number of carbonyl (C=O) groups is 3. The van der Waals surface area contributed by atoms with Gasteiger partial charge in [0, 0.05) is 0 Å². The predicted octanol–water partition coefficient (Wildman–Crippen LogP) is 4.89. The number of unbranched alkanes of at least 4 members (excludes halogenated alkanes) is 2. The topological polar surface area (TPSA) is 144 Å². The van der Waals surface area contributed by atoms with Crippen molar-refractivity contribution in [2.45, 2.75) is 90.7 Å². The van der Waals surface area contributed by atoms with Crippen molar-refractivity contribution in [3.8, 4) is 0 Å². The van der Waals surface area contributed by atoms with Gasteiger partial charge in [-0.1, -0.05) is 84.4 Å². The van der Waals surface area contributed by atoms with Gasteiger partial charge in [-0.3, -0.25) is 14.1 Å². The van der Waals surface area contributed by atoms with Crippen LogP contribution < -0.4 is 0 Å². The van der Waals surface area contributed by atoms with Gasteiger partial charge < -0.3 is 14.6 Å². The Bertz CT molecular complexity index is 891. The fourth-order valence-corrected chi connectivity index (χ4v) is 4.06. The molecule has 1 aromatic carbocycles. The third-order valence-electron chi connectivity index (χ3n) is 6.02. The summed E-state index contributed by atoms with van der Waals surface area (Å²) < 4.78 is 42.8. The summed E-state index contributed by atoms with van der Waals surface area (Å²) in [6, 6.07) is 8.30. The van der Waals surface area contributed by atoms with E-state index in [0.717, 1.165) is 51.4 Å². The number of rotatable bonds is 17. The number of benzene rings is 1. The number of ether oxygens (including phenoxy) is 2. The van der Waals surface area contributed by atoms with Gasteiger partial charge in [0.15, 0.2) is 5.25 Å². The number of esters is 2. The summed E-state index contributed by atoms with van der Waals surface area (Å²) in [5.41, 5.74) is 0.331. The molecule has 11 heteroatoms. The molecule has 3 atom stereocenters. The van der Waals surface area contributed by atoms with E-state index in [0.29, 0.717) is 5.56 Å². The second-order valence-electron chi connectivity index (χ2n) is 9.02. The molecule has 0 amide bonds. The van der Waals surface area contributed by atoms with E-state index in [1.807, 2.05) is 13.8 Å². The Balaban J connectivity index is 0. The number of carbonyl (C=O) groups excluding carboxylic acids is 2. The van der Waals surface area contributed by atoms with Crippen LogP contribution in [0.15, 0.2) is 30.3 Å². The number of carboxylic acid groups (broad SMARTS) is 1. The molecule has 9 nitrogen and oxygen atoms in total. The van der Waals surface area contributed by atoms with Crippen LogP contribution in [0.5, 0.6) is 0 Å². The first-order valence-electron chi connectivity index (χ1n) is 13.1. The summed E-state index contributed by atoms with van der Waals surface area (Å²) in [5, 5.41) is 6.44. The van der Waals surface area contributed by atoms with E-state index in [-0.39, 0.29) is 54.6 Å². The number of aromatic carboxylic acids is 1. The zero-order valence-electron chi connectivity index (χ0n) is 22.6. The van der Waals surface area contributed by atoms with Crippen molar-refractivity contribution >= 4 is 57.6 Å². The molecule has 0 aliphatic heterocycles. The quantitative estimate of drug-likeness (QED) is 0.152. The second kappa shape index (κ2) is 22.4. The standard InChI is InChI=1S/C20H38O7S.C7H6O2.Na.H/c1-5-9-11-16(7-3)14-26-19(21)13-18(28(23,24)25)20(22)27-15-17(8-4)12-10-6-2;8-7(9)6-4-2-1-3-5-6;;/h16-18H,5-15H2,1-4H3,(H,23,24,25);1-5H,(H,8,9);;. The summed E-state index contributed by atoms with van der Waals surface area (Å²) in [6.45, 7) is 8.35. The average Bonchev–Trinajstić information content (AvgIpc) is 2.87.